The van der Waals surface area contributed by atoms with Crippen molar-refractivity contribution in [2.75, 3.05) is 19.4 Å². The van der Waals surface area contributed by atoms with Crippen LogP contribution in [0.2, 0.25) is 0 Å². The third kappa shape index (κ3) is 4.72. The molecule has 0 aliphatic heterocycles. The Hall–Kier alpha value is -2.72. The number of rotatable bonds is 6. The lowest BCUT2D eigenvalue weighted by molar-refractivity contribution is -0.117. The molecule has 1 heterocycles. The van der Waals surface area contributed by atoms with E-state index in [0.717, 1.165) is 4.31 Å². The summed E-state index contributed by atoms with van der Waals surface area (Å²) in [5, 5.41) is 8.70. The molecule has 1 aromatic heterocycles. The predicted octanol–water partition coefficient (Wildman–Crippen LogP) is 1.30. The van der Waals surface area contributed by atoms with Gasteiger partial charge in [-0.25, -0.2) is 12.7 Å². The molecule has 1 atom stereocenters. The average molecular weight is 394 g/mol. The summed E-state index contributed by atoms with van der Waals surface area (Å²) < 4.78 is 30.7. The van der Waals surface area contributed by atoms with Crippen molar-refractivity contribution < 1.29 is 22.5 Å². The van der Waals surface area contributed by atoms with Gasteiger partial charge >= 0.3 is 0 Å². The van der Waals surface area contributed by atoms with Gasteiger partial charge in [0.15, 0.2) is 5.82 Å². The van der Waals surface area contributed by atoms with Gasteiger partial charge < -0.3 is 15.2 Å². The summed E-state index contributed by atoms with van der Waals surface area (Å²) in [5.41, 5.74) is 0.658. The van der Waals surface area contributed by atoms with Crippen LogP contribution in [0.3, 0.4) is 0 Å². The molecule has 0 unspecified atom stereocenters. The molecule has 0 saturated heterocycles. The SMILES string of the molecule is Cc1cc(NC(=O)[C@H](C)NC(=O)c2ccc(C)c(S(=O)(=O)N(C)C)c2)no1. The van der Waals surface area contributed by atoms with Crippen molar-refractivity contribution in [3.05, 3.63) is 41.2 Å². The van der Waals surface area contributed by atoms with E-state index < -0.39 is 27.9 Å². The molecule has 2 rings (SSSR count). The first kappa shape index (κ1) is 20.6. The van der Waals surface area contributed by atoms with E-state index in [2.05, 4.69) is 15.8 Å². The van der Waals surface area contributed by atoms with Crippen LogP contribution in [-0.2, 0) is 14.8 Å². The monoisotopic (exact) mass is 394 g/mol. The largest absolute Gasteiger partial charge is 0.360 e. The van der Waals surface area contributed by atoms with E-state index in [0.29, 0.717) is 11.3 Å². The van der Waals surface area contributed by atoms with Crippen LogP contribution in [0.4, 0.5) is 5.82 Å². The summed E-state index contributed by atoms with van der Waals surface area (Å²) in [6.07, 6.45) is 0. The minimum absolute atomic E-state index is 0.0373. The Morgan fingerprint density at radius 3 is 2.41 bits per heavy atom. The Bertz CT molecular complexity index is 965. The first-order valence-corrected chi connectivity index (χ1v) is 9.54. The first-order chi connectivity index (χ1) is 12.5. The van der Waals surface area contributed by atoms with Gasteiger partial charge in [0.2, 0.25) is 15.9 Å². The topological polar surface area (TPSA) is 122 Å². The Morgan fingerprint density at radius 1 is 1.19 bits per heavy atom. The average Bonchev–Trinajstić information content (AvgIpc) is 2.99. The van der Waals surface area contributed by atoms with Crippen LogP contribution in [-0.4, -0.2) is 49.8 Å². The van der Waals surface area contributed by atoms with Crippen molar-refractivity contribution in [1.29, 1.82) is 0 Å². The van der Waals surface area contributed by atoms with E-state index in [4.69, 9.17) is 4.52 Å². The van der Waals surface area contributed by atoms with Crippen molar-refractivity contribution >= 4 is 27.7 Å². The molecule has 2 N–H and O–H groups in total. The summed E-state index contributed by atoms with van der Waals surface area (Å²) >= 11 is 0. The standard InChI is InChI=1S/C17H22N4O5S/c1-10-6-7-13(9-14(10)27(24,25)21(4)5)17(23)18-12(3)16(22)19-15-8-11(2)26-20-15/h6-9,12H,1-5H3,(H,18,23)(H,19,20,22)/t12-/m0/s1. The summed E-state index contributed by atoms with van der Waals surface area (Å²) in [7, 11) is -0.859. The number of nitrogens with one attached hydrogen (secondary N) is 2. The van der Waals surface area contributed by atoms with E-state index >= 15 is 0 Å². The number of amides is 2. The number of carbonyl (C=O) groups excluding carboxylic acids is 2. The quantitative estimate of drug-likeness (QED) is 0.762. The van der Waals surface area contributed by atoms with Gasteiger partial charge in [-0.05, 0) is 38.5 Å². The second-order valence-electron chi connectivity index (χ2n) is 6.27. The lowest BCUT2D eigenvalue weighted by atomic mass is 10.1. The highest BCUT2D eigenvalue weighted by Crippen LogP contribution is 2.20. The van der Waals surface area contributed by atoms with E-state index in [1.165, 1.54) is 33.2 Å². The zero-order valence-corrected chi connectivity index (χ0v) is 16.5. The molecule has 0 saturated carbocycles. The molecule has 0 fully saturated rings. The molecule has 146 valence electrons. The summed E-state index contributed by atoms with van der Waals surface area (Å²) in [6, 6.07) is 5.03. The van der Waals surface area contributed by atoms with E-state index in [1.54, 1.807) is 26.0 Å². The Labute approximate surface area is 157 Å². The highest BCUT2D eigenvalue weighted by atomic mass is 32.2. The zero-order valence-electron chi connectivity index (χ0n) is 15.7. The number of carbonyl (C=O) groups is 2. The second kappa shape index (κ2) is 7.89. The number of benzene rings is 1. The van der Waals surface area contributed by atoms with Crippen LogP contribution in [0.25, 0.3) is 0 Å². The maximum atomic E-state index is 12.4. The minimum atomic E-state index is -3.69. The number of nitrogens with zero attached hydrogens (tertiary/aromatic N) is 2. The summed E-state index contributed by atoms with van der Waals surface area (Å²) in [4.78, 5) is 24.6. The van der Waals surface area contributed by atoms with Gasteiger partial charge in [-0.1, -0.05) is 11.2 Å². The lowest BCUT2D eigenvalue weighted by Crippen LogP contribution is -2.41. The maximum absolute atomic E-state index is 12.4. The Morgan fingerprint density at radius 2 is 1.85 bits per heavy atom. The van der Waals surface area contributed by atoms with Crippen molar-refractivity contribution in [2.24, 2.45) is 0 Å². The fourth-order valence-corrected chi connectivity index (χ4v) is 3.37. The molecule has 2 amide bonds. The van der Waals surface area contributed by atoms with Crippen LogP contribution in [0.5, 0.6) is 0 Å². The fourth-order valence-electron chi connectivity index (χ4n) is 2.22. The van der Waals surface area contributed by atoms with E-state index in [1.807, 2.05) is 0 Å². The van der Waals surface area contributed by atoms with Gasteiger partial charge in [0.1, 0.15) is 11.8 Å². The van der Waals surface area contributed by atoms with Gasteiger partial charge in [0.05, 0.1) is 4.90 Å². The molecule has 27 heavy (non-hydrogen) atoms. The predicted molar refractivity (Wildman–Crippen MR) is 98.8 cm³/mol. The molecule has 0 spiro atoms. The smallest absolute Gasteiger partial charge is 0.251 e. The molecule has 0 radical (unpaired) electrons. The van der Waals surface area contributed by atoms with Gasteiger partial charge in [-0.15, -0.1) is 0 Å². The fraction of sp³-hybridized carbons (Fsp3) is 0.353. The second-order valence-corrected chi connectivity index (χ2v) is 8.40. The van der Waals surface area contributed by atoms with Crippen LogP contribution in [0, 0.1) is 13.8 Å². The van der Waals surface area contributed by atoms with Crippen LogP contribution >= 0.6 is 0 Å². The molecule has 0 bridgehead atoms. The Balaban J connectivity index is 2.14. The number of hydrogen-bond donors (Lipinski definition) is 2. The Kier molecular flexibility index (Phi) is 6.01. The highest BCUT2D eigenvalue weighted by molar-refractivity contribution is 7.89. The van der Waals surface area contributed by atoms with E-state index in [-0.39, 0.29) is 16.3 Å². The zero-order chi connectivity index (χ0) is 20.4. The normalized spacial score (nSPS) is 12.7. The molecule has 2 aromatic rings. The number of hydrogen-bond acceptors (Lipinski definition) is 6. The molecular formula is C17H22N4O5S. The number of aryl methyl sites for hydroxylation is 2. The van der Waals surface area contributed by atoms with Crippen molar-refractivity contribution in [1.82, 2.24) is 14.8 Å². The minimum Gasteiger partial charge on any atom is -0.360 e. The lowest BCUT2D eigenvalue weighted by Gasteiger charge is -2.16. The van der Waals surface area contributed by atoms with Gasteiger partial charge in [0.25, 0.3) is 5.91 Å². The van der Waals surface area contributed by atoms with Crippen molar-refractivity contribution in [3.63, 3.8) is 0 Å². The van der Waals surface area contributed by atoms with Crippen LogP contribution in [0.1, 0.15) is 28.6 Å². The maximum Gasteiger partial charge on any atom is 0.251 e. The first-order valence-electron chi connectivity index (χ1n) is 8.10. The molecule has 1 aromatic carbocycles. The van der Waals surface area contributed by atoms with Crippen LogP contribution in [0.15, 0.2) is 33.7 Å². The van der Waals surface area contributed by atoms with Crippen molar-refractivity contribution in [2.45, 2.75) is 31.7 Å². The van der Waals surface area contributed by atoms with Gasteiger partial charge in [0, 0.05) is 25.7 Å². The van der Waals surface area contributed by atoms with Gasteiger partial charge in [-0.2, -0.15) is 0 Å². The number of aromatic nitrogens is 1. The number of anilines is 1. The number of sulfonamides is 1. The molecule has 0 aliphatic rings. The van der Waals surface area contributed by atoms with Crippen LogP contribution < -0.4 is 10.6 Å². The third-order valence-electron chi connectivity index (χ3n) is 3.83. The summed E-state index contributed by atoms with van der Waals surface area (Å²) in [6.45, 7) is 4.84. The molecular weight excluding hydrogens is 372 g/mol. The van der Waals surface area contributed by atoms with Gasteiger partial charge in [-0.3, -0.25) is 9.59 Å². The molecule has 9 nitrogen and oxygen atoms in total. The highest BCUT2D eigenvalue weighted by Gasteiger charge is 2.23. The van der Waals surface area contributed by atoms with E-state index in [9.17, 15) is 18.0 Å². The molecule has 0 aliphatic carbocycles. The summed E-state index contributed by atoms with van der Waals surface area (Å²) in [5.74, 6) is -0.265. The molecule has 10 heteroatoms. The third-order valence-corrected chi connectivity index (χ3v) is 5.79. The van der Waals surface area contributed by atoms with Crippen molar-refractivity contribution in [3.8, 4) is 0 Å².